The number of ether oxygens (including phenoxy) is 1. The molecule has 2 saturated heterocycles. The summed E-state index contributed by atoms with van der Waals surface area (Å²) in [6.45, 7) is 5.26. The number of hydrogen-bond donors (Lipinski definition) is 1. The first-order chi connectivity index (χ1) is 12.5. The summed E-state index contributed by atoms with van der Waals surface area (Å²) in [5.74, 6) is -1.97. The molecule has 4 rings (SSSR count). The van der Waals surface area contributed by atoms with Crippen molar-refractivity contribution in [1.29, 1.82) is 0 Å². The predicted molar refractivity (Wildman–Crippen MR) is 95.5 cm³/mol. The van der Waals surface area contributed by atoms with Crippen molar-refractivity contribution < 1.29 is 19.1 Å². The maximum atomic E-state index is 13.0. The summed E-state index contributed by atoms with van der Waals surface area (Å²) >= 11 is 0. The molecule has 0 bridgehead atoms. The minimum Gasteiger partial charge on any atom is -0.463 e. The van der Waals surface area contributed by atoms with Crippen molar-refractivity contribution in [2.75, 3.05) is 25.5 Å². The molecule has 0 radical (unpaired) electrons. The summed E-state index contributed by atoms with van der Waals surface area (Å²) in [6, 6.07) is 7.64. The molecule has 6 nitrogen and oxygen atoms in total. The Morgan fingerprint density at radius 3 is 2.88 bits per heavy atom. The Bertz CT molecular complexity index is 805. The largest absolute Gasteiger partial charge is 0.463 e. The molecule has 3 heterocycles. The van der Waals surface area contributed by atoms with Gasteiger partial charge in [-0.3, -0.25) is 14.5 Å². The van der Waals surface area contributed by atoms with Crippen molar-refractivity contribution in [3.05, 3.63) is 42.5 Å². The molecule has 0 unspecified atom stereocenters. The molecule has 2 fully saturated rings. The van der Waals surface area contributed by atoms with Crippen LogP contribution in [0, 0.1) is 11.8 Å². The maximum Gasteiger partial charge on any atom is 0.374 e. The molecule has 26 heavy (non-hydrogen) atoms. The van der Waals surface area contributed by atoms with E-state index in [1.165, 1.54) is 7.11 Å². The van der Waals surface area contributed by atoms with Crippen LogP contribution in [0.15, 0.2) is 36.9 Å². The molecule has 0 aliphatic carbocycles. The van der Waals surface area contributed by atoms with E-state index in [0.29, 0.717) is 19.4 Å². The molecule has 1 aromatic carbocycles. The first-order valence-electron chi connectivity index (χ1n) is 8.92. The number of carbonyl (C=O) groups is 3. The number of anilines is 1. The fraction of sp³-hybridized carbons (Fsp3) is 0.450. The smallest absolute Gasteiger partial charge is 0.374 e. The van der Waals surface area contributed by atoms with Crippen LogP contribution in [0.1, 0.15) is 18.4 Å². The highest BCUT2D eigenvalue weighted by atomic mass is 16.5. The Hall–Kier alpha value is -2.47. The predicted octanol–water partition coefficient (Wildman–Crippen LogP) is 1.51. The zero-order valence-electron chi connectivity index (χ0n) is 14.7. The van der Waals surface area contributed by atoms with Gasteiger partial charge in [0.1, 0.15) is 0 Å². The average molecular weight is 354 g/mol. The second kappa shape index (κ2) is 6.06. The molecule has 1 N–H and O–H groups in total. The van der Waals surface area contributed by atoms with Crippen LogP contribution >= 0.6 is 0 Å². The topological polar surface area (TPSA) is 75.7 Å². The maximum absolute atomic E-state index is 13.0. The summed E-state index contributed by atoms with van der Waals surface area (Å²) in [6.07, 6.45) is 2.91. The molecular weight excluding hydrogens is 332 g/mol. The van der Waals surface area contributed by atoms with Crippen LogP contribution < -0.4 is 5.32 Å². The van der Waals surface area contributed by atoms with Gasteiger partial charge in [0.25, 0.3) is 0 Å². The van der Waals surface area contributed by atoms with Gasteiger partial charge in [-0.2, -0.15) is 0 Å². The number of rotatable bonds is 3. The number of para-hydroxylation sites is 1. The van der Waals surface area contributed by atoms with Gasteiger partial charge in [-0.15, -0.1) is 6.58 Å². The molecular formula is C20H22N2O4. The second-order valence-corrected chi connectivity index (χ2v) is 7.33. The molecule has 3 aliphatic heterocycles. The van der Waals surface area contributed by atoms with E-state index in [1.54, 1.807) is 6.08 Å². The van der Waals surface area contributed by atoms with Crippen molar-refractivity contribution in [3.63, 3.8) is 0 Å². The van der Waals surface area contributed by atoms with Crippen LogP contribution in [0.3, 0.4) is 0 Å². The highest BCUT2D eigenvalue weighted by Crippen LogP contribution is 2.52. The Morgan fingerprint density at radius 1 is 1.38 bits per heavy atom. The lowest BCUT2D eigenvalue weighted by Gasteiger charge is -2.43. The minimum atomic E-state index is -0.821. The number of nitrogens with one attached hydrogen (secondary N) is 1. The highest BCUT2D eigenvalue weighted by Gasteiger charge is 2.60. The normalized spacial score (nSPS) is 32.7. The van der Waals surface area contributed by atoms with Gasteiger partial charge in [-0.05, 0) is 36.9 Å². The Balaban J connectivity index is 1.73. The monoisotopic (exact) mass is 354 g/mol. The van der Waals surface area contributed by atoms with Crippen LogP contribution in [0.5, 0.6) is 0 Å². The quantitative estimate of drug-likeness (QED) is 0.506. The van der Waals surface area contributed by atoms with Crippen LogP contribution in [0.4, 0.5) is 5.69 Å². The van der Waals surface area contributed by atoms with Gasteiger partial charge >= 0.3 is 5.97 Å². The lowest BCUT2D eigenvalue weighted by atomic mass is 9.68. The van der Waals surface area contributed by atoms with Gasteiger partial charge in [-0.1, -0.05) is 24.3 Å². The highest BCUT2D eigenvalue weighted by molar-refractivity contribution is 6.34. The lowest BCUT2D eigenvalue weighted by Crippen LogP contribution is -2.54. The van der Waals surface area contributed by atoms with Gasteiger partial charge < -0.3 is 10.1 Å². The first-order valence-corrected chi connectivity index (χ1v) is 8.92. The van der Waals surface area contributed by atoms with E-state index in [-0.39, 0.29) is 17.9 Å². The number of nitrogens with zero attached hydrogens (tertiary/aromatic N) is 1. The zero-order chi connectivity index (χ0) is 18.5. The Labute approximate surface area is 152 Å². The van der Waals surface area contributed by atoms with Crippen molar-refractivity contribution in [3.8, 4) is 0 Å². The summed E-state index contributed by atoms with van der Waals surface area (Å²) < 4.78 is 4.65. The number of Topliss-reactive ketones (excluding diaryl/α,β-unsaturated/α-hetero) is 1. The number of hydrogen-bond acceptors (Lipinski definition) is 5. The third kappa shape index (κ3) is 2.18. The Morgan fingerprint density at radius 2 is 2.15 bits per heavy atom. The molecule has 1 amide bonds. The van der Waals surface area contributed by atoms with Gasteiger partial charge in [0.15, 0.2) is 0 Å². The average Bonchev–Trinajstić information content (AvgIpc) is 3.18. The van der Waals surface area contributed by atoms with Crippen molar-refractivity contribution in [2.24, 2.45) is 11.8 Å². The van der Waals surface area contributed by atoms with E-state index in [4.69, 9.17) is 0 Å². The van der Waals surface area contributed by atoms with Crippen LogP contribution in [0.2, 0.25) is 0 Å². The zero-order valence-corrected chi connectivity index (χ0v) is 14.7. The number of amides is 1. The van der Waals surface area contributed by atoms with Crippen LogP contribution in [0.25, 0.3) is 0 Å². The van der Waals surface area contributed by atoms with Crippen molar-refractivity contribution in [2.45, 2.75) is 24.3 Å². The van der Waals surface area contributed by atoms with Gasteiger partial charge in [0, 0.05) is 24.2 Å². The fourth-order valence-corrected chi connectivity index (χ4v) is 5.04. The number of methoxy groups -OCH3 is 1. The molecule has 1 spiro atoms. The fourth-order valence-electron chi connectivity index (χ4n) is 5.04. The summed E-state index contributed by atoms with van der Waals surface area (Å²) in [4.78, 5) is 39.7. The van der Waals surface area contributed by atoms with E-state index >= 15 is 0 Å². The van der Waals surface area contributed by atoms with Crippen LogP contribution in [-0.2, 0) is 24.5 Å². The van der Waals surface area contributed by atoms with E-state index in [9.17, 15) is 14.4 Å². The second-order valence-electron chi connectivity index (χ2n) is 7.33. The molecule has 0 saturated carbocycles. The molecule has 3 aliphatic rings. The number of fused-ring (bicyclic) bond motifs is 4. The molecule has 136 valence electrons. The number of benzene rings is 1. The number of esters is 1. The molecule has 1 aromatic rings. The first kappa shape index (κ1) is 17.0. The number of carbonyl (C=O) groups excluding carboxylic acids is 3. The standard InChI is InChI=1S/C20H22N2O4/c1-3-12-11-22-9-8-20(14-6-4-5-7-15(14)21-19(20)25)16(22)10-13(12)17(23)18(24)26-2/h3-7,12-13,16H,1,8-11H2,2H3,(H,21,25)/t12-,13+,16+,20+/m1/s1. The molecule has 0 aromatic heterocycles. The Kier molecular flexibility index (Phi) is 3.95. The third-order valence-corrected chi connectivity index (χ3v) is 6.33. The SMILES string of the molecule is C=C[C@@H]1CN2CC[C@@]3(C(=O)Nc4ccccc43)[C@@H]2C[C@@H]1C(=O)C(=O)OC. The van der Waals surface area contributed by atoms with Crippen molar-refractivity contribution >= 4 is 23.3 Å². The molecule has 6 heteroatoms. The number of piperidine rings is 1. The van der Waals surface area contributed by atoms with E-state index in [2.05, 4.69) is 21.5 Å². The molecule has 4 atom stereocenters. The van der Waals surface area contributed by atoms with Gasteiger partial charge in [0.05, 0.1) is 12.5 Å². The summed E-state index contributed by atoms with van der Waals surface area (Å²) in [5, 5.41) is 3.00. The van der Waals surface area contributed by atoms with E-state index < -0.39 is 23.1 Å². The van der Waals surface area contributed by atoms with Gasteiger partial charge in [-0.25, -0.2) is 4.79 Å². The number of ketones is 1. The minimum absolute atomic E-state index is 0.00693. The van der Waals surface area contributed by atoms with E-state index in [0.717, 1.165) is 17.8 Å². The van der Waals surface area contributed by atoms with E-state index in [1.807, 2.05) is 24.3 Å². The summed E-state index contributed by atoms with van der Waals surface area (Å²) in [5.41, 5.74) is 1.19. The third-order valence-electron chi connectivity index (χ3n) is 6.33. The van der Waals surface area contributed by atoms with Gasteiger partial charge in [0.2, 0.25) is 11.7 Å². The lowest BCUT2D eigenvalue weighted by molar-refractivity contribution is -0.155. The summed E-state index contributed by atoms with van der Waals surface area (Å²) in [7, 11) is 1.22. The van der Waals surface area contributed by atoms with Crippen molar-refractivity contribution in [1.82, 2.24) is 4.90 Å². The van der Waals surface area contributed by atoms with Crippen LogP contribution in [-0.4, -0.2) is 48.8 Å².